The third-order valence-electron chi connectivity index (χ3n) is 14.1. The number of H-pyrrole nitrogens is 1. The Hall–Kier alpha value is -5.13. The number of ether oxygens (including phenoxy) is 2. The molecule has 1 amide bonds. The second-order valence-corrected chi connectivity index (χ2v) is 20.5. The molecular weight excluding hydrogens is 833 g/mol. The smallest absolute Gasteiger partial charge is 0.293 e. The van der Waals surface area contributed by atoms with Crippen LogP contribution >= 0.6 is 0 Å². The maximum Gasteiger partial charge on any atom is 0.293 e. The van der Waals surface area contributed by atoms with Crippen LogP contribution < -0.4 is 19.7 Å². The fourth-order valence-electron chi connectivity index (χ4n) is 10.4. The molecule has 3 aliphatic carbocycles. The molecule has 4 atom stereocenters. The molecule has 5 aliphatic rings. The number of sulfonamides is 1. The van der Waals surface area contributed by atoms with E-state index < -0.39 is 43.8 Å². The fraction of sp³-hybridized carbons (Fsp3) is 0.522. The van der Waals surface area contributed by atoms with E-state index in [1.54, 1.807) is 24.4 Å². The van der Waals surface area contributed by atoms with Crippen molar-refractivity contribution in [2.75, 3.05) is 62.7 Å². The first-order valence-corrected chi connectivity index (χ1v) is 23.6. The normalized spacial score (nSPS) is 24.1. The van der Waals surface area contributed by atoms with Gasteiger partial charge in [-0.25, -0.2) is 26.9 Å². The van der Waals surface area contributed by atoms with Crippen LogP contribution in [0.4, 0.5) is 25.8 Å². The van der Waals surface area contributed by atoms with Gasteiger partial charge < -0.3 is 24.7 Å². The Labute approximate surface area is 366 Å². The van der Waals surface area contributed by atoms with Gasteiger partial charge in [0.2, 0.25) is 6.43 Å². The van der Waals surface area contributed by atoms with Crippen LogP contribution in [-0.2, 0) is 14.8 Å². The van der Waals surface area contributed by atoms with Crippen molar-refractivity contribution in [3.8, 4) is 11.5 Å². The van der Waals surface area contributed by atoms with E-state index >= 15 is 0 Å². The number of alkyl halides is 2. The first kappa shape index (κ1) is 43.1. The van der Waals surface area contributed by atoms with Gasteiger partial charge in [0.25, 0.3) is 21.6 Å². The van der Waals surface area contributed by atoms with Crippen molar-refractivity contribution in [2.24, 2.45) is 35.0 Å². The molecule has 14 nitrogen and oxygen atoms in total. The number of rotatable bonds is 14. The van der Waals surface area contributed by atoms with Gasteiger partial charge in [0.15, 0.2) is 0 Å². The molecule has 2 aromatic carbocycles. The number of carbonyl (C=O) groups excluding carboxylic acids is 1. The average molecular weight is 888 g/mol. The van der Waals surface area contributed by atoms with Crippen molar-refractivity contribution >= 4 is 44.0 Å². The summed E-state index contributed by atoms with van der Waals surface area (Å²) in [6.45, 7) is 10.1. The molecule has 336 valence electrons. The van der Waals surface area contributed by atoms with Gasteiger partial charge in [-0.2, -0.15) is 0 Å². The zero-order valence-electron chi connectivity index (χ0n) is 35.7. The minimum absolute atomic E-state index is 0.0574. The number of nitro benzene ring substituents is 1. The van der Waals surface area contributed by atoms with Gasteiger partial charge in [-0.05, 0) is 110 Å². The molecule has 2 saturated heterocycles. The maximum absolute atomic E-state index is 13.9. The molecule has 3 N–H and O–H groups in total. The van der Waals surface area contributed by atoms with Gasteiger partial charge in [0.05, 0.1) is 21.6 Å². The van der Waals surface area contributed by atoms with Crippen LogP contribution in [0.1, 0.15) is 69.2 Å². The van der Waals surface area contributed by atoms with Crippen LogP contribution in [0.15, 0.2) is 77.0 Å². The highest BCUT2D eigenvalue weighted by Crippen LogP contribution is 2.64. The van der Waals surface area contributed by atoms with Gasteiger partial charge in [-0.15, -0.1) is 0 Å². The molecule has 9 rings (SSSR count). The van der Waals surface area contributed by atoms with E-state index in [1.807, 2.05) is 6.07 Å². The number of nitrogens with zero attached hydrogens (tertiary/aromatic N) is 4. The number of hydrogen-bond donors (Lipinski definition) is 3. The van der Waals surface area contributed by atoms with E-state index in [0.29, 0.717) is 56.6 Å². The van der Waals surface area contributed by atoms with Crippen molar-refractivity contribution in [3.05, 3.63) is 87.7 Å². The number of aromatic amines is 1. The Morgan fingerprint density at radius 1 is 1.06 bits per heavy atom. The second kappa shape index (κ2) is 17.4. The summed E-state index contributed by atoms with van der Waals surface area (Å²) in [6.07, 6.45) is 7.24. The number of fused-ring (bicyclic) bond motifs is 2. The van der Waals surface area contributed by atoms with Crippen LogP contribution in [-0.4, -0.2) is 93.0 Å². The minimum atomic E-state index is -4.57. The van der Waals surface area contributed by atoms with E-state index in [1.165, 1.54) is 35.5 Å². The van der Waals surface area contributed by atoms with Crippen LogP contribution in [0.5, 0.6) is 11.5 Å². The van der Waals surface area contributed by atoms with Gasteiger partial charge in [-0.1, -0.05) is 25.0 Å². The number of allylic oxidation sites excluding steroid dienone is 1. The number of hydrogen-bond acceptors (Lipinski definition) is 11. The highest BCUT2D eigenvalue weighted by molar-refractivity contribution is 7.90. The first-order chi connectivity index (χ1) is 30.2. The Morgan fingerprint density at radius 2 is 1.86 bits per heavy atom. The number of halogens is 2. The lowest BCUT2D eigenvalue weighted by atomic mass is 9.69. The predicted octanol–water partition coefficient (Wildman–Crippen LogP) is 8.39. The lowest BCUT2D eigenvalue weighted by Gasteiger charge is -2.40. The van der Waals surface area contributed by atoms with Gasteiger partial charge in [0, 0.05) is 87.8 Å². The summed E-state index contributed by atoms with van der Waals surface area (Å²) in [5.41, 5.74) is 4.18. The molecule has 0 spiro atoms. The molecule has 4 aromatic rings. The summed E-state index contributed by atoms with van der Waals surface area (Å²) in [4.78, 5) is 37.0. The molecule has 4 fully saturated rings. The van der Waals surface area contributed by atoms with E-state index in [-0.39, 0.29) is 40.2 Å². The summed E-state index contributed by atoms with van der Waals surface area (Å²) >= 11 is 0. The number of pyridine rings is 1. The van der Waals surface area contributed by atoms with E-state index in [0.717, 1.165) is 75.3 Å². The first-order valence-electron chi connectivity index (χ1n) is 22.1. The monoisotopic (exact) mass is 887 g/mol. The molecule has 0 bridgehead atoms. The number of nitrogens with one attached hydrogen (secondary N) is 3. The Morgan fingerprint density at radius 3 is 2.60 bits per heavy atom. The lowest BCUT2D eigenvalue weighted by Crippen LogP contribution is -2.47. The Balaban J connectivity index is 0.918. The summed E-state index contributed by atoms with van der Waals surface area (Å²) in [7, 11) is -4.57. The molecule has 17 heteroatoms. The predicted molar refractivity (Wildman–Crippen MR) is 235 cm³/mol. The summed E-state index contributed by atoms with van der Waals surface area (Å²) in [5.74, 6) is 0.121. The number of aromatic nitrogens is 2. The van der Waals surface area contributed by atoms with E-state index in [4.69, 9.17) is 9.47 Å². The molecule has 2 saturated carbocycles. The highest BCUT2D eigenvalue weighted by Gasteiger charge is 2.58. The quantitative estimate of drug-likeness (QED) is 0.0631. The summed E-state index contributed by atoms with van der Waals surface area (Å²) < 4.78 is 69.0. The number of benzene rings is 2. The summed E-state index contributed by atoms with van der Waals surface area (Å²) in [6, 6.07) is 12.1. The number of anilines is 2. The summed E-state index contributed by atoms with van der Waals surface area (Å²) in [5, 5.41) is 16.0. The molecular formula is C46H55F2N7O7S. The molecule has 2 aromatic heterocycles. The lowest BCUT2D eigenvalue weighted by molar-refractivity contribution is -0.384. The average Bonchev–Trinajstić information content (AvgIpc) is 3.72. The van der Waals surface area contributed by atoms with Crippen LogP contribution in [0.2, 0.25) is 0 Å². The second-order valence-electron chi connectivity index (χ2n) is 18.8. The van der Waals surface area contributed by atoms with Gasteiger partial charge >= 0.3 is 0 Å². The number of carbonyl (C=O) groups is 1. The molecule has 2 unspecified atom stereocenters. The van der Waals surface area contributed by atoms with Crippen molar-refractivity contribution < 1.29 is 36.4 Å². The maximum atomic E-state index is 13.9. The Kier molecular flexibility index (Phi) is 11.9. The van der Waals surface area contributed by atoms with E-state index in [9.17, 15) is 32.1 Å². The standard InChI is InChI=1S/C46H55F2N7O7S/c1-46(2)11-7-30(39(24-46)37-23-38(43(47)48)36-22-35(36)37)27-53-13-15-54(16-14-53)31-3-5-34(42(20-31)62-32-19-29-8-12-49-44(29)51-26-32)45(56)52-63(59,60)33-4-6-40(41(21-33)55(57)58)50-25-28-9-17-61-18-10-28/h3-6,8,12,19-21,26,28,35-38,43,50H,7,9-11,13-18,22-25,27H2,1-2H3,(H,49,51)(H,52,56)/t35?,36?,37-,38+/m1/s1. The number of amides is 1. The highest BCUT2D eigenvalue weighted by atomic mass is 32.2. The SMILES string of the molecule is CC1(C)CCC(CN2CCN(c3ccc(C(=O)NS(=O)(=O)c4ccc(NCC5CCOCC5)c([N+](=O)[O-])c4)c(Oc4cnc5[nH]ccc5c4)c3)CC2)=C([C@@H]2C[C@H](C(F)F)C3CC32)C1. The van der Waals surface area contributed by atoms with Crippen LogP contribution in [0.25, 0.3) is 11.0 Å². The molecule has 4 heterocycles. The van der Waals surface area contributed by atoms with Crippen LogP contribution in [0, 0.1) is 45.1 Å². The Bertz CT molecular complexity index is 2520. The largest absolute Gasteiger partial charge is 0.455 e. The molecule has 63 heavy (non-hydrogen) atoms. The zero-order chi connectivity index (χ0) is 44.0. The molecule has 2 aliphatic heterocycles. The zero-order valence-corrected chi connectivity index (χ0v) is 36.5. The van der Waals surface area contributed by atoms with Gasteiger partial charge in [0.1, 0.15) is 22.8 Å². The minimum Gasteiger partial charge on any atom is -0.455 e. The topological polar surface area (TPSA) is 172 Å². The fourth-order valence-corrected chi connectivity index (χ4v) is 11.4. The number of nitro groups is 1. The van der Waals surface area contributed by atoms with Crippen LogP contribution in [0.3, 0.4) is 0 Å². The van der Waals surface area contributed by atoms with Crippen molar-refractivity contribution in [3.63, 3.8) is 0 Å². The third kappa shape index (κ3) is 9.41. The van der Waals surface area contributed by atoms with Gasteiger partial charge in [-0.3, -0.25) is 19.8 Å². The van der Waals surface area contributed by atoms with Crippen molar-refractivity contribution in [1.82, 2.24) is 19.6 Å². The third-order valence-corrected chi connectivity index (χ3v) is 15.4. The number of piperazine rings is 1. The van der Waals surface area contributed by atoms with E-state index in [2.05, 4.69) is 43.7 Å². The van der Waals surface area contributed by atoms with Crippen molar-refractivity contribution in [1.29, 1.82) is 0 Å². The van der Waals surface area contributed by atoms with Crippen molar-refractivity contribution in [2.45, 2.75) is 70.1 Å². The molecule has 0 radical (unpaired) electrons.